The molecular weight excluding hydrogens is 519 g/mol. The minimum atomic E-state index is -3.46. The third-order valence-corrected chi connectivity index (χ3v) is 7.25. The molecule has 0 aliphatic heterocycles. The Morgan fingerprint density at radius 1 is 0.972 bits per heavy atom. The number of rotatable bonds is 7. The number of anilines is 1. The van der Waals surface area contributed by atoms with E-state index in [4.69, 9.17) is 32.7 Å². The Labute approximate surface area is 218 Å². The lowest BCUT2D eigenvalue weighted by molar-refractivity contribution is 0.360. The lowest BCUT2D eigenvalue weighted by Crippen LogP contribution is -2.36. The highest BCUT2D eigenvalue weighted by atomic mass is 35.5. The van der Waals surface area contributed by atoms with Crippen molar-refractivity contribution in [3.63, 3.8) is 0 Å². The van der Waals surface area contributed by atoms with Gasteiger partial charge in [-0.15, -0.1) is 0 Å². The highest BCUT2D eigenvalue weighted by Gasteiger charge is 2.40. The molecule has 0 spiro atoms. The summed E-state index contributed by atoms with van der Waals surface area (Å²) in [6, 6.07) is 22.1. The van der Waals surface area contributed by atoms with Gasteiger partial charge in [-0.05, 0) is 66.6 Å². The molecular formula is C26H22Cl2N4O3S. The van der Waals surface area contributed by atoms with E-state index in [0.29, 0.717) is 33.9 Å². The molecule has 2 heterocycles. The molecule has 7 nitrogen and oxygen atoms in total. The molecule has 184 valence electrons. The fraction of sp³-hybridized carbons (Fsp3) is 0.154. The monoisotopic (exact) mass is 540 g/mol. The molecule has 0 fully saturated rings. The average molecular weight is 541 g/mol. The van der Waals surface area contributed by atoms with E-state index in [2.05, 4.69) is 14.4 Å². The van der Waals surface area contributed by atoms with Gasteiger partial charge < -0.3 is 9.09 Å². The summed E-state index contributed by atoms with van der Waals surface area (Å²) in [5.41, 5.74) is 2.07. The molecule has 0 bridgehead atoms. The molecule has 0 aliphatic carbocycles. The van der Waals surface area contributed by atoms with E-state index < -0.39 is 15.6 Å². The van der Waals surface area contributed by atoms with Gasteiger partial charge in [0, 0.05) is 27.2 Å². The Kier molecular flexibility index (Phi) is 6.28. The molecule has 0 amide bonds. The van der Waals surface area contributed by atoms with Crippen LogP contribution in [0.4, 0.5) is 5.69 Å². The van der Waals surface area contributed by atoms with Crippen molar-refractivity contribution in [3.05, 3.63) is 100 Å². The van der Waals surface area contributed by atoms with Crippen LogP contribution in [0.5, 0.6) is 0 Å². The summed E-state index contributed by atoms with van der Waals surface area (Å²) in [6.07, 6.45) is 3.61. The lowest BCUT2D eigenvalue weighted by atomic mass is 9.85. The van der Waals surface area contributed by atoms with Crippen LogP contribution in [0.25, 0.3) is 22.4 Å². The molecule has 0 saturated carbocycles. The molecule has 0 aliphatic rings. The highest BCUT2D eigenvalue weighted by Crippen LogP contribution is 2.41. The zero-order chi connectivity index (χ0) is 25.5. The van der Waals surface area contributed by atoms with Gasteiger partial charge in [0.2, 0.25) is 15.8 Å². The fourth-order valence-electron chi connectivity index (χ4n) is 4.52. The van der Waals surface area contributed by atoms with Crippen LogP contribution in [-0.2, 0) is 15.6 Å². The Hall–Kier alpha value is -3.33. The molecule has 1 atom stereocenters. The summed E-state index contributed by atoms with van der Waals surface area (Å²) in [7, 11) is -3.46. The molecule has 5 rings (SSSR count). The highest BCUT2D eigenvalue weighted by molar-refractivity contribution is 7.92. The number of benzene rings is 3. The molecule has 0 saturated heterocycles. The molecule has 10 heteroatoms. The minimum Gasteiger partial charge on any atom is -0.334 e. The maximum atomic E-state index is 12.0. The molecule has 0 unspecified atom stereocenters. The zero-order valence-corrected chi connectivity index (χ0v) is 21.8. The van der Waals surface area contributed by atoms with Gasteiger partial charge in [-0.3, -0.25) is 4.72 Å². The largest absolute Gasteiger partial charge is 0.334 e. The van der Waals surface area contributed by atoms with Gasteiger partial charge >= 0.3 is 0 Å². The van der Waals surface area contributed by atoms with Crippen LogP contribution in [-0.4, -0.2) is 29.4 Å². The van der Waals surface area contributed by atoms with Gasteiger partial charge in [-0.1, -0.05) is 53.5 Å². The van der Waals surface area contributed by atoms with E-state index >= 15 is 0 Å². The number of nitrogens with one attached hydrogen (secondary N) is 1. The predicted octanol–water partition coefficient (Wildman–Crippen LogP) is 6.57. The van der Waals surface area contributed by atoms with Crippen LogP contribution in [0.1, 0.15) is 24.7 Å². The molecule has 2 aromatic heterocycles. The van der Waals surface area contributed by atoms with Crippen LogP contribution in [0.2, 0.25) is 10.0 Å². The van der Waals surface area contributed by atoms with Gasteiger partial charge in [-0.2, -0.15) is 4.98 Å². The maximum absolute atomic E-state index is 12.0. The van der Waals surface area contributed by atoms with E-state index in [1.54, 1.807) is 18.2 Å². The molecule has 1 N–H and O–H groups in total. The third-order valence-electron chi connectivity index (χ3n) is 6.16. The van der Waals surface area contributed by atoms with E-state index in [0.717, 1.165) is 28.3 Å². The smallest absolute Gasteiger partial charge is 0.258 e. The van der Waals surface area contributed by atoms with Gasteiger partial charge in [0.15, 0.2) is 0 Å². The number of hydrogen-bond acceptors (Lipinski definition) is 5. The summed E-state index contributed by atoms with van der Waals surface area (Å²) in [5.74, 6) is 0.820. The number of nitrogens with zero attached hydrogens (tertiary/aromatic N) is 3. The van der Waals surface area contributed by atoms with Crippen molar-refractivity contribution in [1.82, 2.24) is 14.7 Å². The van der Waals surface area contributed by atoms with Crippen molar-refractivity contribution in [2.75, 3.05) is 11.0 Å². The van der Waals surface area contributed by atoms with Crippen LogP contribution in [0.15, 0.2) is 83.5 Å². The number of fused-ring (bicyclic) bond motifs is 1. The number of sulfonamides is 1. The Bertz CT molecular complexity index is 1650. The lowest BCUT2D eigenvalue weighted by Gasteiger charge is -2.33. The van der Waals surface area contributed by atoms with Crippen molar-refractivity contribution in [2.24, 2.45) is 0 Å². The first kappa shape index (κ1) is 24.4. The van der Waals surface area contributed by atoms with Crippen LogP contribution < -0.4 is 4.72 Å². The molecule has 36 heavy (non-hydrogen) atoms. The van der Waals surface area contributed by atoms with Gasteiger partial charge in [0.25, 0.3) is 5.89 Å². The van der Waals surface area contributed by atoms with Crippen molar-refractivity contribution in [2.45, 2.75) is 18.9 Å². The van der Waals surface area contributed by atoms with Crippen molar-refractivity contribution in [1.29, 1.82) is 0 Å². The Balaban J connectivity index is 1.75. The minimum absolute atomic E-state index is 0.365. The number of hydrogen-bond donors (Lipinski definition) is 1. The van der Waals surface area contributed by atoms with E-state index in [1.807, 2.05) is 67.7 Å². The van der Waals surface area contributed by atoms with Crippen LogP contribution in [0.3, 0.4) is 0 Å². The first-order valence-corrected chi connectivity index (χ1v) is 13.8. The average Bonchev–Trinajstić information content (AvgIpc) is 3.50. The summed E-state index contributed by atoms with van der Waals surface area (Å²) >= 11 is 12.3. The van der Waals surface area contributed by atoms with Crippen molar-refractivity contribution < 1.29 is 12.9 Å². The topological polar surface area (TPSA) is 90.0 Å². The number of aromatic nitrogens is 3. The molecule has 5 aromatic rings. The second kappa shape index (κ2) is 9.28. The fourth-order valence-corrected chi connectivity index (χ4v) is 5.35. The van der Waals surface area contributed by atoms with E-state index in [1.165, 1.54) is 0 Å². The van der Waals surface area contributed by atoms with Crippen LogP contribution in [0, 0.1) is 0 Å². The Morgan fingerprint density at radius 2 is 1.64 bits per heavy atom. The summed E-state index contributed by atoms with van der Waals surface area (Å²) in [6.45, 7) is 2.04. The normalized spacial score (nSPS) is 13.6. The summed E-state index contributed by atoms with van der Waals surface area (Å²) in [4.78, 5) is 4.81. The second-order valence-electron chi connectivity index (χ2n) is 8.45. The molecule has 0 radical (unpaired) electrons. The van der Waals surface area contributed by atoms with E-state index in [9.17, 15) is 8.42 Å². The molecule has 3 aromatic carbocycles. The van der Waals surface area contributed by atoms with E-state index in [-0.39, 0.29) is 0 Å². The van der Waals surface area contributed by atoms with Gasteiger partial charge in [-0.25, -0.2) is 8.42 Å². The summed E-state index contributed by atoms with van der Waals surface area (Å²) in [5, 5.41) is 6.38. The van der Waals surface area contributed by atoms with Gasteiger partial charge in [0.1, 0.15) is 5.54 Å². The van der Waals surface area contributed by atoms with Gasteiger partial charge in [0.05, 0.1) is 17.5 Å². The van der Waals surface area contributed by atoms with Crippen molar-refractivity contribution in [3.8, 4) is 11.5 Å². The van der Waals surface area contributed by atoms with Crippen molar-refractivity contribution >= 4 is 49.8 Å². The standard InChI is InChI=1S/C26H22Cl2N4O3S/c1-3-26(18-9-13-20(28)14-10-18,25-29-24(35-30-25)17-7-11-19(27)12-8-17)32-16-15-21-22(31-36(2,33)34)5-4-6-23(21)32/h4-16,31H,3H2,1-2H3/t26-/m1/s1. The second-order valence-corrected chi connectivity index (χ2v) is 11.1. The predicted molar refractivity (Wildman–Crippen MR) is 143 cm³/mol. The third kappa shape index (κ3) is 4.36. The first-order chi connectivity index (χ1) is 17.2. The zero-order valence-electron chi connectivity index (χ0n) is 19.4. The first-order valence-electron chi connectivity index (χ1n) is 11.2. The number of halogens is 2. The quantitative estimate of drug-likeness (QED) is 0.252. The Morgan fingerprint density at radius 3 is 2.28 bits per heavy atom. The summed E-state index contributed by atoms with van der Waals surface area (Å²) < 4.78 is 34.3. The maximum Gasteiger partial charge on any atom is 0.258 e. The SMILES string of the molecule is CC[C@@](c1ccc(Cl)cc1)(c1noc(-c2ccc(Cl)cc2)n1)n1ccc2c(NS(C)(=O)=O)cccc21. The van der Waals surface area contributed by atoms with Crippen LogP contribution >= 0.6 is 23.2 Å².